The fourth-order valence-electron chi connectivity index (χ4n) is 1.34. The second kappa shape index (κ2) is 7.00. The SMILES string of the molecule is COCc1cc(C(=O)N(CCO)CCO)no1. The van der Waals surface area contributed by atoms with E-state index in [-0.39, 0.29) is 44.5 Å². The van der Waals surface area contributed by atoms with Crippen LogP contribution in [0, 0.1) is 0 Å². The normalized spacial score (nSPS) is 10.5. The van der Waals surface area contributed by atoms with Crippen molar-refractivity contribution in [2.75, 3.05) is 33.4 Å². The van der Waals surface area contributed by atoms with Crippen LogP contribution in [-0.2, 0) is 11.3 Å². The largest absolute Gasteiger partial charge is 0.395 e. The number of hydrogen-bond donors (Lipinski definition) is 2. The minimum Gasteiger partial charge on any atom is -0.395 e. The molecule has 0 bridgehead atoms. The first-order chi connectivity index (χ1) is 8.22. The van der Waals surface area contributed by atoms with Crippen LogP contribution in [0.15, 0.2) is 10.6 Å². The van der Waals surface area contributed by atoms with E-state index < -0.39 is 0 Å². The minimum atomic E-state index is -0.390. The van der Waals surface area contributed by atoms with Gasteiger partial charge in [0.05, 0.1) is 13.2 Å². The second-order valence-electron chi connectivity index (χ2n) is 3.35. The summed E-state index contributed by atoms with van der Waals surface area (Å²) in [5.41, 5.74) is 0.138. The van der Waals surface area contributed by atoms with Crippen LogP contribution >= 0.6 is 0 Å². The Bertz CT molecular complexity index is 346. The van der Waals surface area contributed by atoms with Crippen molar-refractivity contribution in [1.82, 2.24) is 10.1 Å². The van der Waals surface area contributed by atoms with E-state index >= 15 is 0 Å². The highest BCUT2D eigenvalue weighted by atomic mass is 16.5. The zero-order chi connectivity index (χ0) is 12.7. The van der Waals surface area contributed by atoms with Crippen LogP contribution in [-0.4, -0.2) is 59.6 Å². The molecule has 96 valence electrons. The summed E-state index contributed by atoms with van der Waals surface area (Å²) in [5.74, 6) is 0.0583. The molecule has 0 aliphatic rings. The lowest BCUT2D eigenvalue weighted by Crippen LogP contribution is -2.36. The molecule has 0 atom stereocenters. The van der Waals surface area contributed by atoms with Gasteiger partial charge in [0.2, 0.25) is 0 Å². The number of hydrogen-bond acceptors (Lipinski definition) is 6. The highest BCUT2D eigenvalue weighted by molar-refractivity contribution is 5.92. The van der Waals surface area contributed by atoms with Gasteiger partial charge in [-0.05, 0) is 0 Å². The van der Waals surface area contributed by atoms with Gasteiger partial charge in [0.1, 0.15) is 6.61 Å². The van der Waals surface area contributed by atoms with E-state index in [9.17, 15) is 4.79 Å². The number of carbonyl (C=O) groups is 1. The fraction of sp³-hybridized carbons (Fsp3) is 0.600. The van der Waals surface area contributed by atoms with Crippen LogP contribution in [0.25, 0.3) is 0 Å². The van der Waals surface area contributed by atoms with Gasteiger partial charge in [0, 0.05) is 26.3 Å². The highest BCUT2D eigenvalue weighted by Gasteiger charge is 2.19. The number of nitrogens with zero attached hydrogens (tertiary/aromatic N) is 2. The first-order valence-corrected chi connectivity index (χ1v) is 5.18. The molecule has 0 unspecified atom stereocenters. The van der Waals surface area contributed by atoms with Crippen LogP contribution in [0.5, 0.6) is 0 Å². The van der Waals surface area contributed by atoms with Crippen molar-refractivity contribution in [2.45, 2.75) is 6.61 Å². The van der Waals surface area contributed by atoms with Gasteiger partial charge >= 0.3 is 0 Å². The minimum absolute atomic E-state index is 0.138. The Morgan fingerprint density at radius 2 is 2.12 bits per heavy atom. The molecule has 1 amide bonds. The lowest BCUT2D eigenvalue weighted by molar-refractivity contribution is 0.0674. The van der Waals surface area contributed by atoms with Gasteiger partial charge in [-0.25, -0.2) is 0 Å². The molecule has 17 heavy (non-hydrogen) atoms. The number of amides is 1. The molecule has 1 aromatic heterocycles. The van der Waals surface area contributed by atoms with E-state index in [1.807, 2.05) is 0 Å². The maximum Gasteiger partial charge on any atom is 0.276 e. The first kappa shape index (κ1) is 13.6. The van der Waals surface area contributed by atoms with Crippen LogP contribution < -0.4 is 0 Å². The summed E-state index contributed by atoms with van der Waals surface area (Å²) in [6, 6.07) is 1.48. The molecule has 0 radical (unpaired) electrons. The first-order valence-electron chi connectivity index (χ1n) is 5.18. The van der Waals surface area contributed by atoms with E-state index in [1.54, 1.807) is 0 Å². The molecule has 0 saturated heterocycles. The quantitative estimate of drug-likeness (QED) is 0.655. The van der Waals surface area contributed by atoms with Crippen molar-refractivity contribution in [3.05, 3.63) is 17.5 Å². The Balaban J connectivity index is 2.70. The van der Waals surface area contributed by atoms with Crippen molar-refractivity contribution in [3.63, 3.8) is 0 Å². The molecule has 1 heterocycles. The van der Waals surface area contributed by atoms with Gasteiger partial charge in [0.25, 0.3) is 5.91 Å². The lowest BCUT2D eigenvalue weighted by Gasteiger charge is -2.18. The number of ether oxygens (including phenoxy) is 1. The lowest BCUT2D eigenvalue weighted by atomic mass is 10.3. The van der Waals surface area contributed by atoms with Crippen LogP contribution in [0.2, 0.25) is 0 Å². The molecule has 7 nitrogen and oxygen atoms in total. The third-order valence-electron chi connectivity index (χ3n) is 2.09. The molecule has 0 aliphatic carbocycles. The summed E-state index contributed by atoms with van der Waals surface area (Å²) in [7, 11) is 1.51. The number of aliphatic hydroxyl groups is 2. The maximum absolute atomic E-state index is 11.9. The molecule has 0 fully saturated rings. The Morgan fingerprint density at radius 3 is 2.65 bits per heavy atom. The number of rotatable bonds is 7. The van der Waals surface area contributed by atoms with E-state index in [4.69, 9.17) is 19.5 Å². The van der Waals surface area contributed by atoms with Gasteiger partial charge in [-0.3, -0.25) is 4.79 Å². The fourth-order valence-corrected chi connectivity index (χ4v) is 1.34. The Kier molecular flexibility index (Phi) is 5.61. The molecule has 0 aromatic carbocycles. The summed E-state index contributed by atoms with van der Waals surface area (Å²) in [6.07, 6.45) is 0. The third kappa shape index (κ3) is 3.81. The highest BCUT2D eigenvalue weighted by Crippen LogP contribution is 2.07. The molecule has 0 aliphatic heterocycles. The van der Waals surface area contributed by atoms with E-state index in [1.165, 1.54) is 18.1 Å². The van der Waals surface area contributed by atoms with Gasteiger partial charge in [0.15, 0.2) is 11.5 Å². The van der Waals surface area contributed by atoms with Crippen molar-refractivity contribution in [3.8, 4) is 0 Å². The zero-order valence-electron chi connectivity index (χ0n) is 9.63. The van der Waals surface area contributed by atoms with Gasteiger partial charge in [-0.2, -0.15) is 0 Å². The number of aliphatic hydroxyl groups excluding tert-OH is 2. The van der Waals surface area contributed by atoms with E-state index in [0.717, 1.165) is 0 Å². The summed E-state index contributed by atoms with van der Waals surface area (Å²) >= 11 is 0. The molecular weight excluding hydrogens is 228 g/mol. The van der Waals surface area contributed by atoms with E-state index in [2.05, 4.69) is 5.16 Å². The Hall–Kier alpha value is -1.44. The van der Waals surface area contributed by atoms with Gasteiger partial charge in [-0.15, -0.1) is 0 Å². The van der Waals surface area contributed by atoms with Crippen molar-refractivity contribution in [1.29, 1.82) is 0 Å². The summed E-state index contributed by atoms with van der Waals surface area (Å²) in [5, 5.41) is 21.2. The molecule has 1 aromatic rings. The number of carbonyl (C=O) groups excluding carboxylic acids is 1. The van der Waals surface area contributed by atoms with Crippen LogP contribution in [0.4, 0.5) is 0 Å². The molecule has 1 rings (SSSR count). The molecule has 2 N–H and O–H groups in total. The third-order valence-corrected chi connectivity index (χ3v) is 2.09. The van der Waals surface area contributed by atoms with Crippen molar-refractivity contribution >= 4 is 5.91 Å². The predicted molar refractivity (Wildman–Crippen MR) is 57.3 cm³/mol. The average molecular weight is 244 g/mol. The van der Waals surface area contributed by atoms with E-state index in [0.29, 0.717) is 5.76 Å². The Labute approximate surface area is 98.6 Å². The predicted octanol–water partition coefficient (Wildman–Crippen LogP) is -0.752. The molecule has 0 spiro atoms. The second-order valence-corrected chi connectivity index (χ2v) is 3.35. The summed E-state index contributed by atoms with van der Waals surface area (Å²) < 4.78 is 9.72. The molecular formula is C10H16N2O5. The smallest absolute Gasteiger partial charge is 0.276 e. The zero-order valence-corrected chi connectivity index (χ0v) is 9.63. The topological polar surface area (TPSA) is 96.0 Å². The van der Waals surface area contributed by atoms with Crippen LogP contribution in [0.3, 0.4) is 0 Å². The summed E-state index contributed by atoms with van der Waals surface area (Å²) in [6.45, 7) is 0.182. The molecule has 7 heteroatoms. The van der Waals surface area contributed by atoms with Gasteiger partial charge < -0.3 is 24.4 Å². The maximum atomic E-state index is 11.9. The van der Waals surface area contributed by atoms with Crippen LogP contribution in [0.1, 0.15) is 16.2 Å². The Morgan fingerprint density at radius 1 is 1.47 bits per heavy atom. The summed E-state index contributed by atoms with van der Waals surface area (Å²) in [4.78, 5) is 13.2. The monoisotopic (exact) mass is 244 g/mol. The number of aromatic nitrogens is 1. The van der Waals surface area contributed by atoms with Crippen molar-refractivity contribution < 1.29 is 24.3 Å². The van der Waals surface area contributed by atoms with Crippen molar-refractivity contribution in [2.24, 2.45) is 0 Å². The molecule has 0 saturated carbocycles. The standard InChI is InChI=1S/C10H16N2O5/c1-16-7-8-6-9(11-17-8)10(15)12(2-4-13)3-5-14/h6,13-14H,2-5,7H2,1H3. The van der Waals surface area contributed by atoms with Gasteiger partial charge in [-0.1, -0.05) is 5.16 Å². The average Bonchev–Trinajstić information content (AvgIpc) is 2.77. The number of methoxy groups -OCH3 is 1.